The second-order valence-electron chi connectivity index (χ2n) is 10.4. The van der Waals surface area contributed by atoms with Crippen LogP contribution in [0.25, 0.3) is 10.9 Å². The molecule has 2 atom stereocenters. The number of benzene rings is 2. The molecule has 42 heavy (non-hydrogen) atoms. The van der Waals surface area contributed by atoms with Gasteiger partial charge in [-0.25, -0.2) is 0 Å². The Labute approximate surface area is 248 Å². The minimum absolute atomic E-state index is 0.0188. The Kier molecular flexibility index (Phi) is 13.6. The minimum atomic E-state index is -0.660. The van der Waals surface area contributed by atoms with Crippen LogP contribution in [0.3, 0.4) is 0 Å². The van der Waals surface area contributed by atoms with Crippen LogP contribution in [0.5, 0.6) is 0 Å². The summed E-state index contributed by atoms with van der Waals surface area (Å²) in [6, 6.07) is 16.9. The summed E-state index contributed by atoms with van der Waals surface area (Å²) in [6.07, 6.45) is 8.79. The molecule has 0 radical (unpaired) electrons. The summed E-state index contributed by atoms with van der Waals surface area (Å²) >= 11 is 0. The van der Waals surface area contributed by atoms with Crippen molar-refractivity contribution in [3.8, 4) is 0 Å². The van der Waals surface area contributed by atoms with E-state index in [0.717, 1.165) is 34.9 Å². The van der Waals surface area contributed by atoms with Crippen molar-refractivity contribution in [3.63, 3.8) is 0 Å². The fraction of sp³-hybridized carbons (Fsp3) is 0.382. The number of aromatic nitrogens is 1. The number of H-pyrrole nitrogens is 1. The van der Waals surface area contributed by atoms with Crippen molar-refractivity contribution in [1.29, 1.82) is 0 Å². The number of amides is 2. The smallest absolute Gasteiger partial charge is 0.305 e. The van der Waals surface area contributed by atoms with Crippen molar-refractivity contribution in [2.24, 2.45) is 5.92 Å². The van der Waals surface area contributed by atoms with Crippen LogP contribution in [0.2, 0.25) is 0 Å². The SMILES string of the molecule is C=CCCCCC(=O)OC[C@H](Cc1c[nH]c2ccccc12)NC(=O)[C@@H](CC=C)CC(=O)N(CCO)Cc1ccccc1. The Bertz CT molecular complexity index is 1300. The minimum Gasteiger partial charge on any atom is -0.463 e. The highest BCUT2D eigenvalue weighted by atomic mass is 16.5. The topological polar surface area (TPSA) is 112 Å². The summed E-state index contributed by atoms with van der Waals surface area (Å²) in [6.45, 7) is 7.85. The van der Waals surface area contributed by atoms with E-state index < -0.39 is 12.0 Å². The van der Waals surface area contributed by atoms with Crippen LogP contribution in [-0.4, -0.2) is 58.6 Å². The van der Waals surface area contributed by atoms with E-state index in [9.17, 15) is 19.5 Å². The number of rotatable bonds is 19. The zero-order valence-corrected chi connectivity index (χ0v) is 24.3. The van der Waals surface area contributed by atoms with Crippen LogP contribution in [0.15, 0.2) is 86.1 Å². The van der Waals surface area contributed by atoms with E-state index in [0.29, 0.717) is 32.2 Å². The molecule has 1 heterocycles. The number of unbranched alkanes of at least 4 members (excludes halogenated alkanes) is 2. The zero-order chi connectivity index (χ0) is 30.2. The molecule has 2 aromatic carbocycles. The molecule has 3 aromatic rings. The number of nitrogens with zero attached hydrogens (tertiary/aromatic N) is 1. The molecule has 1 aromatic heterocycles. The van der Waals surface area contributed by atoms with E-state index >= 15 is 0 Å². The zero-order valence-electron chi connectivity index (χ0n) is 24.3. The number of aromatic amines is 1. The van der Waals surface area contributed by atoms with E-state index in [1.165, 1.54) is 0 Å². The number of nitrogens with one attached hydrogen (secondary N) is 2. The number of aliphatic hydroxyl groups is 1. The number of hydrogen-bond acceptors (Lipinski definition) is 5. The number of allylic oxidation sites excluding steroid dienone is 2. The molecule has 0 aliphatic carbocycles. The second-order valence-corrected chi connectivity index (χ2v) is 10.4. The fourth-order valence-corrected chi connectivity index (χ4v) is 4.90. The van der Waals surface area contributed by atoms with Gasteiger partial charge in [0, 0.05) is 43.0 Å². The molecule has 3 N–H and O–H groups in total. The molecule has 3 rings (SSSR count). The van der Waals surface area contributed by atoms with Gasteiger partial charge in [0.1, 0.15) is 6.61 Å². The Hall–Kier alpha value is -4.17. The normalized spacial score (nSPS) is 12.3. The highest BCUT2D eigenvalue weighted by Gasteiger charge is 2.27. The average Bonchev–Trinajstić information content (AvgIpc) is 3.40. The van der Waals surface area contributed by atoms with Gasteiger partial charge < -0.3 is 25.0 Å². The van der Waals surface area contributed by atoms with Crippen LogP contribution >= 0.6 is 0 Å². The van der Waals surface area contributed by atoms with Gasteiger partial charge in [-0.15, -0.1) is 13.2 Å². The van der Waals surface area contributed by atoms with Crippen molar-refractivity contribution in [2.75, 3.05) is 19.8 Å². The third kappa shape index (κ3) is 10.3. The number of carbonyl (C=O) groups is 3. The van der Waals surface area contributed by atoms with E-state index in [4.69, 9.17) is 4.74 Å². The second kappa shape index (κ2) is 17.6. The van der Waals surface area contributed by atoms with E-state index in [1.807, 2.05) is 66.9 Å². The maximum absolute atomic E-state index is 13.6. The number of fused-ring (bicyclic) bond motifs is 1. The first-order chi connectivity index (χ1) is 20.4. The molecule has 0 aliphatic heterocycles. The quantitative estimate of drug-likeness (QED) is 0.105. The molecule has 224 valence electrons. The maximum atomic E-state index is 13.6. The van der Waals surface area contributed by atoms with E-state index in [1.54, 1.807) is 11.0 Å². The Morgan fingerprint density at radius 1 is 1.02 bits per heavy atom. The van der Waals surface area contributed by atoms with Crippen LogP contribution in [0.4, 0.5) is 0 Å². The maximum Gasteiger partial charge on any atom is 0.305 e. The third-order valence-electron chi connectivity index (χ3n) is 7.15. The average molecular weight is 574 g/mol. The van der Waals surface area contributed by atoms with E-state index in [2.05, 4.69) is 23.5 Å². The lowest BCUT2D eigenvalue weighted by molar-refractivity contribution is -0.145. The first-order valence-corrected chi connectivity index (χ1v) is 14.6. The van der Waals surface area contributed by atoms with Crippen molar-refractivity contribution >= 4 is 28.7 Å². The van der Waals surface area contributed by atoms with Crippen molar-refractivity contribution in [1.82, 2.24) is 15.2 Å². The molecule has 0 unspecified atom stereocenters. The van der Waals surface area contributed by atoms with Gasteiger partial charge in [-0.05, 0) is 49.3 Å². The van der Waals surface area contributed by atoms with Gasteiger partial charge in [-0.2, -0.15) is 0 Å². The van der Waals surface area contributed by atoms with E-state index in [-0.39, 0.29) is 44.0 Å². The van der Waals surface area contributed by atoms with Crippen LogP contribution in [0.1, 0.15) is 49.7 Å². The van der Waals surface area contributed by atoms with Crippen molar-refractivity contribution in [3.05, 3.63) is 97.2 Å². The summed E-state index contributed by atoms with van der Waals surface area (Å²) in [5, 5.41) is 13.7. The van der Waals surface area contributed by atoms with Crippen LogP contribution in [0, 0.1) is 5.92 Å². The summed E-state index contributed by atoms with van der Waals surface area (Å²) in [7, 11) is 0. The fourth-order valence-electron chi connectivity index (χ4n) is 4.90. The highest BCUT2D eigenvalue weighted by molar-refractivity contribution is 5.86. The molecular formula is C34H43N3O5. The summed E-state index contributed by atoms with van der Waals surface area (Å²) in [5.74, 6) is -1.50. The number of hydrogen-bond donors (Lipinski definition) is 3. The molecule has 8 heteroatoms. The Morgan fingerprint density at radius 2 is 1.79 bits per heavy atom. The van der Waals surface area contributed by atoms with Crippen molar-refractivity contribution in [2.45, 2.75) is 57.5 Å². The first-order valence-electron chi connectivity index (χ1n) is 14.6. The monoisotopic (exact) mass is 573 g/mol. The predicted octanol–water partition coefficient (Wildman–Crippen LogP) is 5.09. The molecule has 8 nitrogen and oxygen atoms in total. The highest BCUT2D eigenvalue weighted by Crippen LogP contribution is 2.20. The van der Waals surface area contributed by atoms with Gasteiger partial charge >= 0.3 is 5.97 Å². The summed E-state index contributed by atoms with van der Waals surface area (Å²) in [4.78, 5) is 44.1. The lowest BCUT2D eigenvalue weighted by Crippen LogP contribution is -2.44. The molecule has 0 saturated heterocycles. The largest absolute Gasteiger partial charge is 0.463 e. The van der Waals surface area contributed by atoms with Gasteiger partial charge in [0.2, 0.25) is 11.8 Å². The lowest BCUT2D eigenvalue weighted by Gasteiger charge is -2.26. The van der Waals surface area contributed by atoms with Crippen LogP contribution < -0.4 is 5.32 Å². The summed E-state index contributed by atoms with van der Waals surface area (Å²) < 4.78 is 5.59. The standard InChI is InChI=1S/C34H43N3O5/c1-3-5-6-10-18-33(40)42-25-29(21-28-23-35-31-17-12-11-16-30(28)31)36-34(41)27(13-4-2)22-32(39)37(19-20-38)24-26-14-8-7-9-15-26/h3-4,7-9,11-12,14-17,23,27,29,35,38H,1-2,5-6,10,13,18-22,24-25H2,(H,36,41)/t27-,29-/m0/s1. The number of ether oxygens (including phenoxy) is 1. The third-order valence-corrected chi connectivity index (χ3v) is 7.15. The Morgan fingerprint density at radius 3 is 2.52 bits per heavy atom. The molecular weight excluding hydrogens is 530 g/mol. The lowest BCUT2D eigenvalue weighted by atomic mass is 9.97. The van der Waals surface area contributed by atoms with Gasteiger partial charge in [-0.3, -0.25) is 14.4 Å². The molecule has 0 saturated carbocycles. The number of aliphatic hydroxyl groups excluding tert-OH is 1. The number of para-hydroxylation sites is 1. The molecule has 0 spiro atoms. The first kappa shape index (κ1) is 32.3. The molecule has 0 bridgehead atoms. The number of carbonyl (C=O) groups excluding carboxylic acids is 3. The van der Waals surface area contributed by atoms with Gasteiger partial charge in [0.05, 0.1) is 18.6 Å². The molecule has 0 aliphatic rings. The summed E-state index contributed by atoms with van der Waals surface area (Å²) in [5.41, 5.74) is 2.91. The van der Waals surface area contributed by atoms with Gasteiger partial charge in [0.15, 0.2) is 0 Å². The molecule has 0 fully saturated rings. The predicted molar refractivity (Wildman–Crippen MR) is 165 cm³/mol. The van der Waals surface area contributed by atoms with Gasteiger partial charge in [-0.1, -0.05) is 60.7 Å². The Balaban J connectivity index is 1.70. The molecule has 2 amide bonds. The number of esters is 1. The van der Waals surface area contributed by atoms with Gasteiger partial charge in [0.25, 0.3) is 0 Å². The van der Waals surface area contributed by atoms with Crippen LogP contribution in [-0.2, 0) is 32.1 Å². The van der Waals surface area contributed by atoms with Crippen molar-refractivity contribution < 1.29 is 24.2 Å².